The Morgan fingerprint density at radius 1 is 0.519 bits per heavy atom. The van der Waals surface area contributed by atoms with Crippen LogP contribution in [0.15, 0.2) is 61.2 Å². The summed E-state index contributed by atoms with van der Waals surface area (Å²) < 4.78 is 69.9. The number of hydrogen-bond donors (Lipinski definition) is 2. The summed E-state index contributed by atoms with van der Waals surface area (Å²) in [5, 5.41) is 0. The van der Waals surface area contributed by atoms with E-state index in [2.05, 4.69) is 70.3 Å². The number of nitrogens with zero attached hydrogens (tertiary/aromatic N) is 2. The van der Waals surface area contributed by atoms with Crippen molar-refractivity contribution in [3.8, 4) is 0 Å². The molecule has 2 aromatic rings. The van der Waals surface area contributed by atoms with E-state index in [4.69, 9.17) is 37.3 Å². The summed E-state index contributed by atoms with van der Waals surface area (Å²) in [6, 6.07) is 12.4. The Kier molecular flexibility index (Phi) is 13.0. The highest BCUT2D eigenvalue weighted by Crippen LogP contribution is 1.95. The fourth-order valence-corrected chi connectivity index (χ4v) is 1.93. The number of aromatic nitrogens is 2. The molecule has 0 aliphatic heterocycles. The molecule has 0 bridgehead atoms. The van der Waals surface area contributed by atoms with Crippen molar-refractivity contribution in [1.29, 1.82) is 0 Å². The van der Waals surface area contributed by atoms with Crippen molar-refractivity contribution in [3.63, 3.8) is 0 Å². The van der Waals surface area contributed by atoms with Crippen LogP contribution in [-0.4, -0.2) is 9.32 Å². The zero-order chi connectivity index (χ0) is 20.8. The van der Waals surface area contributed by atoms with Crippen LogP contribution in [0.5, 0.6) is 0 Å². The molecular weight excluding hydrogens is 407 g/mol. The lowest BCUT2D eigenvalue weighted by atomic mass is 10.2. The molecule has 0 fully saturated rings. The maximum absolute atomic E-state index is 8.60. The summed E-state index contributed by atoms with van der Waals surface area (Å²) in [7, 11) is -9.39. The van der Waals surface area contributed by atoms with Gasteiger partial charge in [-0.15, -0.1) is 0 Å². The predicted octanol–water partition coefficient (Wildman–Crippen LogP) is -6.12. The maximum Gasteiger partial charge on any atom is 0.168 e. The first-order chi connectivity index (χ1) is 12.4. The number of hydrogen-bond acceptors (Lipinski definition) is 8. The van der Waals surface area contributed by atoms with Gasteiger partial charge in [-0.25, -0.2) is 9.13 Å². The van der Waals surface area contributed by atoms with E-state index in [9.17, 15) is 0 Å². The SMILES string of the molecule is [O-][Cl+3]([O-])([O-])O.[O-][Cl+3]([O-])([O-])O.c1cc[n+](CCCCC[n+]2ccccc2)cc1. The number of rotatable bonds is 6. The first kappa shape index (κ1) is 25.6. The second-order valence-electron chi connectivity index (χ2n) is 5.08. The van der Waals surface area contributed by atoms with Crippen molar-refractivity contribution in [2.45, 2.75) is 32.4 Å². The van der Waals surface area contributed by atoms with Gasteiger partial charge in [0.15, 0.2) is 24.8 Å². The minimum atomic E-state index is -4.69. The molecule has 2 N–H and O–H groups in total. The molecule has 0 aromatic carbocycles. The van der Waals surface area contributed by atoms with E-state index in [1.165, 1.54) is 19.3 Å². The lowest BCUT2D eigenvalue weighted by Crippen LogP contribution is -2.58. The normalized spacial score (nSPS) is 11.0. The third-order valence-corrected chi connectivity index (χ3v) is 2.89. The molecular formula is C15H22Cl2N2O8+2. The van der Waals surface area contributed by atoms with Gasteiger partial charge in [-0.2, -0.15) is 28.0 Å². The van der Waals surface area contributed by atoms with Crippen LogP contribution < -0.4 is 37.1 Å². The summed E-state index contributed by atoms with van der Waals surface area (Å²) in [5.41, 5.74) is 0. The highest BCUT2D eigenvalue weighted by atomic mass is 35.7. The van der Waals surface area contributed by atoms with Crippen LogP contribution in [0, 0.1) is 20.5 Å². The molecule has 12 heteroatoms. The van der Waals surface area contributed by atoms with Crippen LogP contribution in [0.2, 0.25) is 0 Å². The Morgan fingerprint density at radius 3 is 1.04 bits per heavy atom. The lowest BCUT2D eigenvalue weighted by Gasteiger charge is -2.03. The Hall–Kier alpha value is -1.44. The zero-order valence-electron chi connectivity index (χ0n) is 14.3. The largest absolute Gasteiger partial charge is 0.205 e. The van der Waals surface area contributed by atoms with Gasteiger partial charge in [0.2, 0.25) is 0 Å². The Bertz CT molecular complexity index is 529. The molecule has 27 heavy (non-hydrogen) atoms. The fourth-order valence-electron chi connectivity index (χ4n) is 1.93. The number of pyridine rings is 2. The molecule has 2 aromatic heterocycles. The van der Waals surface area contributed by atoms with E-state index in [1.807, 2.05) is 0 Å². The zero-order valence-corrected chi connectivity index (χ0v) is 15.8. The maximum atomic E-state index is 8.60. The molecule has 0 spiro atoms. The molecule has 0 atom stereocenters. The number of unbranched alkanes of at least 4 members (excludes halogenated alkanes) is 2. The van der Waals surface area contributed by atoms with E-state index >= 15 is 0 Å². The average molecular weight is 429 g/mol. The van der Waals surface area contributed by atoms with Gasteiger partial charge in [0, 0.05) is 37.1 Å². The highest BCUT2D eigenvalue weighted by molar-refractivity contribution is 4.84. The van der Waals surface area contributed by atoms with Gasteiger partial charge in [-0.05, 0) is 6.42 Å². The van der Waals surface area contributed by atoms with E-state index < -0.39 is 20.5 Å². The van der Waals surface area contributed by atoms with E-state index in [-0.39, 0.29) is 0 Å². The molecule has 0 saturated heterocycles. The molecule has 0 radical (unpaired) electrons. The van der Waals surface area contributed by atoms with E-state index in [0.29, 0.717) is 0 Å². The summed E-state index contributed by atoms with van der Waals surface area (Å²) in [6.07, 6.45) is 12.3. The standard InChI is InChI=1S/C15H20N2.2ClHO4/c1-4-10-16(11-5-1)14-8-3-9-15-17-12-6-2-7-13-17;2*2-1(3,4)5/h1-2,4-7,10-13H,3,8-9,14-15H2;2*(H,2,3,4,5)/q+2;;. The molecule has 10 nitrogen and oxygen atoms in total. The van der Waals surface area contributed by atoms with Crippen molar-refractivity contribution in [2.24, 2.45) is 0 Å². The van der Waals surface area contributed by atoms with Crippen LogP contribution in [0.1, 0.15) is 19.3 Å². The van der Waals surface area contributed by atoms with Crippen LogP contribution in [0.3, 0.4) is 0 Å². The molecule has 2 rings (SSSR count). The number of aryl methyl sites for hydroxylation is 2. The first-order valence-electron chi connectivity index (χ1n) is 7.60. The Labute approximate surface area is 160 Å². The summed E-state index contributed by atoms with van der Waals surface area (Å²) in [4.78, 5) is 0. The molecule has 0 amide bonds. The third kappa shape index (κ3) is 24.6. The predicted molar refractivity (Wildman–Crippen MR) is 71.6 cm³/mol. The monoisotopic (exact) mass is 428 g/mol. The second-order valence-corrected chi connectivity index (χ2v) is 6.66. The van der Waals surface area contributed by atoms with Crippen molar-refractivity contribution >= 4 is 0 Å². The van der Waals surface area contributed by atoms with Gasteiger partial charge in [0.25, 0.3) is 0 Å². The molecule has 2 heterocycles. The van der Waals surface area contributed by atoms with Crippen LogP contribution in [-0.2, 0) is 13.1 Å². The van der Waals surface area contributed by atoms with Crippen molar-refractivity contribution in [3.05, 3.63) is 61.2 Å². The molecule has 0 aliphatic carbocycles. The molecule has 152 valence electrons. The van der Waals surface area contributed by atoms with E-state index in [1.54, 1.807) is 0 Å². The molecule has 0 saturated carbocycles. The van der Waals surface area contributed by atoms with Gasteiger partial charge in [-0.3, -0.25) is 0 Å². The van der Waals surface area contributed by atoms with Crippen molar-refractivity contribution < 1.29 is 66.9 Å². The van der Waals surface area contributed by atoms with Gasteiger partial charge >= 0.3 is 0 Å². The lowest BCUT2D eigenvalue weighted by molar-refractivity contribution is -1.92. The minimum Gasteiger partial charge on any atom is -0.205 e. The average Bonchev–Trinajstić information content (AvgIpc) is 2.53. The van der Waals surface area contributed by atoms with Gasteiger partial charge in [0.05, 0.1) is 29.8 Å². The second kappa shape index (κ2) is 13.7. The van der Waals surface area contributed by atoms with Crippen molar-refractivity contribution in [1.82, 2.24) is 0 Å². The van der Waals surface area contributed by atoms with Gasteiger partial charge in [-0.1, -0.05) is 12.1 Å². The van der Waals surface area contributed by atoms with Gasteiger partial charge in [0.1, 0.15) is 13.1 Å². The summed E-state index contributed by atoms with van der Waals surface area (Å²) >= 11 is 0. The first-order valence-corrected chi connectivity index (χ1v) is 10.1. The Balaban J connectivity index is 0.000000563. The molecule has 0 unspecified atom stereocenters. The number of halogens is 2. The quantitative estimate of drug-likeness (QED) is 0.335. The van der Waals surface area contributed by atoms with Crippen LogP contribution in [0.25, 0.3) is 0 Å². The van der Waals surface area contributed by atoms with Gasteiger partial charge < -0.3 is 0 Å². The fraction of sp³-hybridized carbons (Fsp3) is 0.333. The van der Waals surface area contributed by atoms with Crippen LogP contribution in [0.4, 0.5) is 0 Å². The smallest absolute Gasteiger partial charge is 0.168 e. The molecule has 0 aliphatic rings. The van der Waals surface area contributed by atoms with Crippen LogP contribution >= 0.6 is 0 Å². The van der Waals surface area contributed by atoms with E-state index in [0.717, 1.165) is 13.1 Å². The summed E-state index contributed by atoms with van der Waals surface area (Å²) in [5.74, 6) is 0. The minimum absolute atomic E-state index is 1.13. The topological polar surface area (TPSA) is 187 Å². The third-order valence-electron chi connectivity index (χ3n) is 2.89. The van der Waals surface area contributed by atoms with Crippen molar-refractivity contribution in [2.75, 3.05) is 0 Å². The highest BCUT2D eigenvalue weighted by Gasteiger charge is 2.01. The Morgan fingerprint density at radius 2 is 0.778 bits per heavy atom. The summed E-state index contributed by atoms with van der Waals surface area (Å²) in [6.45, 7) is 2.25.